The van der Waals surface area contributed by atoms with E-state index in [0.29, 0.717) is 17.3 Å². The van der Waals surface area contributed by atoms with E-state index in [1.807, 2.05) is 42.6 Å². The molecule has 3 aromatic rings. The summed E-state index contributed by atoms with van der Waals surface area (Å²) in [5.41, 5.74) is 2.60. The number of hydrogen-bond acceptors (Lipinski definition) is 1. The van der Waals surface area contributed by atoms with Crippen LogP contribution in [0.3, 0.4) is 0 Å². The lowest BCUT2D eigenvalue weighted by atomic mass is 10.0. The highest BCUT2D eigenvalue weighted by Gasteiger charge is 2.32. The van der Waals surface area contributed by atoms with Gasteiger partial charge in [0.25, 0.3) is 0 Å². The topological polar surface area (TPSA) is 37.3 Å². The van der Waals surface area contributed by atoms with Gasteiger partial charge in [0.2, 0.25) is 0 Å². The van der Waals surface area contributed by atoms with E-state index in [1.165, 1.54) is 12.1 Å². The lowest BCUT2D eigenvalue weighted by Crippen LogP contribution is -2.44. The Morgan fingerprint density at radius 2 is 1.77 bits per heavy atom. The number of nitrogens with one attached hydrogen (secondary N) is 1. The number of amides is 2. The highest BCUT2D eigenvalue weighted by Crippen LogP contribution is 2.33. The second-order valence-electron chi connectivity index (χ2n) is 6.21. The lowest BCUT2D eigenvalue weighted by Gasteiger charge is -2.37. The molecule has 26 heavy (non-hydrogen) atoms. The summed E-state index contributed by atoms with van der Waals surface area (Å²) in [5, 5.41) is 3.51. The molecule has 0 radical (unpaired) electrons. The van der Waals surface area contributed by atoms with E-state index in [2.05, 4.69) is 9.88 Å². The Bertz CT molecular complexity index is 921. The number of fused-ring (bicyclic) bond motifs is 1. The van der Waals surface area contributed by atoms with Crippen molar-refractivity contribution in [1.82, 2.24) is 9.47 Å². The Morgan fingerprint density at radius 3 is 2.50 bits per heavy atom. The Kier molecular flexibility index (Phi) is 4.39. The normalized spacial score (nSPS) is 16.2. The number of halogens is 2. The van der Waals surface area contributed by atoms with Gasteiger partial charge in [-0.3, -0.25) is 0 Å². The second-order valence-corrected chi connectivity index (χ2v) is 6.65. The summed E-state index contributed by atoms with van der Waals surface area (Å²) in [5.74, 6) is -0.335. The summed E-state index contributed by atoms with van der Waals surface area (Å²) in [4.78, 5) is 14.7. The molecule has 1 atom stereocenters. The second kappa shape index (κ2) is 6.84. The van der Waals surface area contributed by atoms with Crippen LogP contribution in [-0.2, 0) is 6.54 Å². The molecule has 132 valence electrons. The van der Waals surface area contributed by atoms with E-state index in [0.717, 1.165) is 17.8 Å². The molecule has 0 unspecified atom stereocenters. The fourth-order valence-electron chi connectivity index (χ4n) is 3.33. The van der Waals surface area contributed by atoms with Gasteiger partial charge < -0.3 is 14.8 Å². The van der Waals surface area contributed by atoms with E-state index in [1.54, 1.807) is 17.0 Å². The minimum Gasteiger partial charge on any atom is -0.348 e. The maximum absolute atomic E-state index is 13.1. The van der Waals surface area contributed by atoms with Crippen LogP contribution in [0.2, 0.25) is 5.02 Å². The first-order valence-electron chi connectivity index (χ1n) is 8.35. The third-order valence-corrected chi connectivity index (χ3v) is 4.83. The van der Waals surface area contributed by atoms with Gasteiger partial charge in [-0.1, -0.05) is 23.7 Å². The molecule has 4 rings (SSSR count). The molecule has 2 amide bonds. The number of carbonyl (C=O) groups excluding carboxylic acids is 1. The largest absolute Gasteiger partial charge is 0.348 e. The van der Waals surface area contributed by atoms with Gasteiger partial charge in [0, 0.05) is 35.7 Å². The summed E-state index contributed by atoms with van der Waals surface area (Å²) < 4.78 is 15.2. The maximum atomic E-state index is 13.1. The third-order valence-electron chi connectivity index (χ3n) is 4.58. The number of benzene rings is 2. The first kappa shape index (κ1) is 16.7. The maximum Gasteiger partial charge on any atom is 0.322 e. The van der Waals surface area contributed by atoms with E-state index in [-0.39, 0.29) is 17.9 Å². The van der Waals surface area contributed by atoms with Crippen LogP contribution in [0.1, 0.15) is 17.3 Å². The highest BCUT2D eigenvalue weighted by molar-refractivity contribution is 6.30. The number of rotatable bonds is 2. The van der Waals surface area contributed by atoms with Gasteiger partial charge in [-0.2, -0.15) is 0 Å². The van der Waals surface area contributed by atoms with Crippen LogP contribution < -0.4 is 5.32 Å². The molecule has 0 bridgehead atoms. The van der Waals surface area contributed by atoms with Crippen molar-refractivity contribution in [3.05, 3.63) is 89.0 Å². The van der Waals surface area contributed by atoms with Gasteiger partial charge in [0.15, 0.2) is 0 Å². The van der Waals surface area contributed by atoms with E-state index in [4.69, 9.17) is 11.6 Å². The fourth-order valence-corrected chi connectivity index (χ4v) is 3.45. The van der Waals surface area contributed by atoms with Crippen molar-refractivity contribution in [3.8, 4) is 0 Å². The van der Waals surface area contributed by atoms with Crippen LogP contribution in [0.5, 0.6) is 0 Å². The number of carbonyl (C=O) groups is 1. The lowest BCUT2D eigenvalue weighted by molar-refractivity contribution is 0.182. The van der Waals surface area contributed by atoms with Gasteiger partial charge in [-0.05, 0) is 54.1 Å². The molecule has 6 heteroatoms. The van der Waals surface area contributed by atoms with Gasteiger partial charge >= 0.3 is 6.03 Å². The van der Waals surface area contributed by atoms with Crippen molar-refractivity contribution in [3.63, 3.8) is 0 Å². The standard InChI is InChI=1S/C20H17ClFN3O/c21-15-5-3-14(4-6-15)19-18-2-1-11-24(18)12-13-25(19)20(26)23-17-9-7-16(22)8-10-17/h1-11,19H,12-13H2,(H,23,26)/t19-/m0/s1. The van der Waals surface area contributed by atoms with Crippen molar-refractivity contribution < 1.29 is 9.18 Å². The Labute approximate surface area is 155 Å². The van der Waals surface area contributed by atoms with Gasteiger partial charge in [0.05, 0.1) is 6.04 Å². The molecular weight excluding hydrogens is 353 g/mol. The van der Waals surface area contributed by atoms with Gasteiger partial charge in [0.1, 0.15) is 5.82 Å². The van der Waals surface area contributed by atoms with Crippen LogP contribution in [0.4, 0.5) is 14.9 Å². The van der Waals surface area contributed by atoms with Crippen LogP contribution >= 0.6 is 11.6 Å². The minimum atomic E-state index is -0.335. The molecule has 1 aliphatic rings. The minimum absolute atomic E-state index is 0.212. The van der Waals surface area contributed by atoms with Crippen LogP contribution in [0.15, 0.2) is 66.9 Å². The quantitative estimate of drug-likeness (QED) is 0.684. The highest BCUT2D eigenvalue weighted by atomic mass is 35.5. The fraction of sp³-hybridized carbons (Fsp3) is 0.150. The summed E-state index contributed by atoms with van der Waals surface area (Å²) in [6.07, 6.45) is 2.02. The SMILES string of the molecule is O=C(Nc1ccc(F)cc1)N1CCn2cccc2[C@@H]1c1ccc(Cl)cc1. The summed E-state index contributed by atoms with van der Waals surface area (Å²) >= 11 is 6.02. The molecule has 1 aromatic heterocycles. The first-order chi connectivity index (χ1) is 12.6. The van der Waals surface area contributed by atoms with Crippen molar-refractivity contribution in [2.24, 2.45) is 0 Å². The van der Waals surface area contributed by atoms with Crippen LogP contribution in [-0.4, -0.2) is 22.0 Å². The monoisotopic (exact) mass is 369 g/mol. The van der Waals surface area contributed by atoms with Crippen molar-refractivity contribution in [2.45, 2.75) is 12.6 Å². The molecular formula is C20H17ClFN3O. The molecule has 0 spiro atoms. The van der Waals surface area contributed by atoms with Crippen LogP contribution in [0, 0.1) is 5.82 Å². The first-order valence-corrected chi connectivity index (χ1v) is 8.73. The van der Waals surface area contributed by atoms with Gasteiger partial charge in [-0.15, -0.1) is 0 Å². The van der Waals surface area contributed by atoms with Crippen molar-refractivity contribution >= 4 is 23.3 Å². The Balaban J connectivity index is 1.66. The predicted octanol–water partition coefficient (Wildman–Crippen LogP) is 4.92. The molecule has 1 N–H and O–H groups in total. The van der Waals surface area contributed by atoms with Gasteiger partial charge in [-0.25, -0.2) is 9.18 Å². The Morgan fingerprint density at radius 1 is 1.04 bits per heavy atom. The zero-order valence-corrected chi connectivity index (χ0v) is 14.7. The smallest absolute Gasteiger partial charge is 0.322 e. The Hall–Kier alpha value is -2.79. The number of anilines is 1. The number of urea groups is 1. The van der Waals surface area contributed by atoms with Crippen molar-refractivity contribution in [1.29, 1.82) is 0 Å². The molecule has 1 aliphatic heterocycles. The molecule has 4 nitrogen and oxygen atoms in total. The van der Waals surface area contributed by atoms with E-state index < -0.39 is 0 Å². The molecule has 2 heterocycles. The predicted molar refractivity (Wildman–Crippen MR) is 99.9 cm³/mol. The third kappa shape index (κ3) is 3.18. The average Bonchev–Trinajstić information content (AvgIpc) is 3.12. The zero-order valence-electron chi connectivity index (χ0n) is 13.9. The molecule has 0 aliphatic carbocycles. The van der Waals surface area contributed by atoms with E-state index >= 15 is 0 Å². The summed E-state index contributed by atoms with van der Waals surface area (Å²) in [7, 11) is 0. The number of aromatic nitrogens is 1. The number of nitrogens with zero attached hydrogens (tertiary/aromatic N) is 2. The van der Waals surface area contributed by atoms with Crippen molar-refractivity contribution in [2.75, 3.05) is 11.9 Å². The summed E-state index contributed by atoms with van der Waals surface area (Å²) in [6, 6.07) is 16.9. The molecule has 0 fully saturated rings. The van der Waals surface area contributed by atoms with Crippen LogP contribution in [0.25, 0.3) is 0 Å². The summed E-state index contributed by atoms with van der Waals surface area (Å²) in [6.45, 7) is 1.30. The molecule has 0 saturated carbocycles. The molecule has 2 aromatic carbocycles. The average molecular weight is 370 g/mol. The zero-order chi connectivity index (χ0) is 18.1. The number of hydrogen-bond donors (Lipinski definition) is 1. The molecule has 0 saturated heterocycles. The van der Waals surface area contributed by atoms with E-state index in [9.17, 15) is 9.18 Å².